The normalized spacial score (nSPS) is 25.4. The number of hydrogen-bond acceptors (Lipinski definition) is 5. The minimum Gasteiger partial charge on any atom is -0.481 e. The van der Waals surface area contributed by atoms with Gasteiger partial charge in [-0.25, -0.2) is 8.42 Å². The number of carboxylic acids is 1. The number of sulfone groups is 1. The van der Waals surface area contributed by atoms with Gasteiger partial charge in [-0.15, -0.1) is 0 Å². The molecule has 2 aliphatic rings. The number of aryl methyl sites for hydroxylation is 1. The molecule has 0 radical (unpaired) electrons. The average Bonchev–Trinajstić information content (AvgIpc) is 2.99. The molecule has 2 aliphatic heterocycles. The number of carboxylic acid groups (broad SMARTS) is 1. The van der Waals surface area contributed by atoms with Crippen LogP contribution in [0.1, 0.15) is 24.8 Å². The van der Waals surface area contributed by atoms with Crippen molar-refractivity contribution in [1.29, 1.82) is 0 Å². The summed E-state index contributed by atoms with van der Waals surface area (Å²) in [5, 5.41) is 9.02. The van der Waals surface area contributed by atoms with Crippen LogP contribution in [0.15, 0.2) is 29.3 Å². The monoisotopic (exact) mass is 396 g/mol. The van der Waals surface area contributed by atoms with E-state index in [-0.39, 0.29) is 48.0 Å². The molecule has 0 aliphatic carbocycles. The third kappa shape index (κ3) is 4.27. The molecule has 140 valence electrons. The van der Waals surface area contributed by atoms with Crippen LogP contribution < -0.4 is 4.90 Å². The van der Waals surface area contributed by atoms with E-state index in [1.165, 1.54) is 11.8 Å². The van der Waals surface area contributed by atoms with Gasteiger partial charge in [0.05, 0.1) is 17.5 Å². The number of hydrogen-bond donors (Lipinski definition) is 1. The maximum absolute atomic E-state index is 12.1. The SMILES string of the molecule is Cc1ccc(N2C(=NC(=O)CCCC(=O)O)S[C@H]3CS(=O)(=O)C[C@H]32)cc1. The molecule has 1 N–H and O–H groups in total. The first-order chi connectivity index (χ1) is 12.2. The van der Waals surface area contributed by atoms with Gasteiger partial charge in [0.25, 0.3) is 0 Å². The van der Waals surface area contributed by atoms with Crippen LogP contribution >= 0.6 is 11.8 Å². The van der Waals surface area contributed by atoms with Crippen LogP contribution in [0.3, 0.4) is 0 Å². The fourth-order valence-electron chi connectivity index (χ4n) is 3.13. The Hall–Kier alpha value is -1.87. The number of thioether (sulfide) groups is 1. The van der Waals surface area contributed by atoms with Gasteiger partial charge in [-0.3, -0.25) is 9.59 Å². The van der Waals surface area contributed by atoms with Crippen LogP contribution in [0.2, 0.25) is 0 Å². The summed E-state index contributed by atoms with van der Waals surface area (Å²) in [6, 6.07) is 7.42. The van der Waals surface area contributed by atoms with Crippen LogP contribution in [-0.4, -0.2) is 53.4 Å². The predicted molar refractivity (Wildman–Crippen MR) is 101 cm³/mol. The molecule has 7 nitrogen and oxygen atoms in total. The summed E-state index contributed by atoms with van der Waals surface area (Å²) < 4.78 is 24.0. The zero-order chi connectivity index (χ0) is 18.9. The van der Waals surface area contributed by atoms with Gasteiger partial charge in [0, 0.05) is 23.8 Å². The maximum Gasteiger partial charge on any atom is 0.303 e. The van der Waals surface area contributed by atoms with E-state index in [0.717, 1.165) is 11.3 Å². The standard InChI is InChI=1S/C17H20N2O5S2/c1-11-5-7-12(8-6-11)19-13-9-26(23,24)10-14(13)25-17(19)18-15(20)3-2-4-16(21)22/h5-8,13-14H,2-4,9-10H2,1H3,(H,21,22)/t13-,14+/m1/s1. The topological polar surface area (TPSA) is 104 Å². The van der Waals surface area contributed by atoms with Gasteiger partial charge < -0.3 is 10.0 Å². The van der Waals surface area contributed by atoms with E-state index in [2.05, 4.69) is 4.99 Å². The molecule has 0 spiro atoms. The number of aliphatic imine (C=N–C) groups is 1. The second kappa shape index (κ2) is 7.40. The number of carbonyl (C=O) groups is 2. The highest BCUT2D eigenvalue weighted by Gasteiger charge is 2.49. The molecule has 1 aromatic carbocycles. The summed E-state index contributed by atoms with van der Waals surface area (Å²) in [5.74, 6) is -1.20. The summed E-state index contributed by atoms with van der Waals surface area (Å²) in [7, 11) is -3.10. The first kappa shape index (κ1) is 18.9. The number of amidine groups is 1. The van der Waals surface area contributed by atoms with Gasteiger partial charge in [-0.2, -0.15) is 4.99 Å². The molecular formula is C17H20N2O5S2. The van der Waals surface area contributed by atoms with Crippen molar-refractivity contribution in [2.24, 2.45) is 4.99 Å². The Bertz CT molecular complexity index is 848. The lowest BCUT2D eigenvalue weighted by molar-refractivity contribution is -0.137. The van der Waals surface area contributed by atoms with Crippen molar-refractivity contribution in [1.82, 2.24) is 0 Å². The predicted octanol–water partition coefficient (Wildman–Crippen LogP) is 1.85. The molecule has 3 rings (SSSR count). The Morgan fingerprint density at radius 3 is 2.58 bits per heavy atom. The first-order valence-electron chi connectivity index (χ1n) is 8.31. The highest BCUT2D eigenvalue weighted by molar-refractivity contribution is 8.16. The molecule has 0 saturated carbocycles. The lowest BCUT2D eigenvalue weighted by atomic mass is 10.1. The quantitative estimate of drug-likeness (QED) is 0.810. The maximum atomic E-state index is 12.1. The van der Waals surface area contributed by atoms with E-state index < -0.39 is 15.8 Å². The molecule has 1 aromatic rings. The average molecular weight is 396 g/mol. The third-order valence-electron chi connectivity index (χ3n) is 4.38. The zero-order valence-electron chi connectivity index (χ0n) is 14.3. The summed E-state index contributed by atoms with van der Waals surface area (Å²) in [6.07, 6.45) is 0.224. The Morgan fingerprint density at radius 1 is 1.23 bits per heavy atom. The smallest absolute Gasteiger partial charge is 0.303 e. The van der Waals surface area contributed by atoms with E-state index in [9.17, 15) is 18.0 Å². The van der Waals surface area contributed by atoms with Gasteiger partial charge in [0.1, 0.15) is 0 Å². The molecule has 0 aromatic heterocycles. The second-order valence-corrected chi connectivity index (χ2v) is 9.90. The third-order valence-corrected chi connectivity index (χ3v) is 7.59. The number of fused-ring (bicyclic) bond motifs is 1. The molecule has 2 fully saturated rings. The number of amides is 1. The fourth-order valence-corrected chi connectivity index (χ4v) is 7.06. The van der Waals surface area contributed by atoms with Crippen LogP contribution in [0.5, 0.6) is 0 Å². The summed E-state index contributed by atoms with van der Waals surface area (Å²) in [5.41, 5.74) is 1.89. The Balaban J connectivity index is 1.84. The fraction of sp³-hybridized carbons (Fsp3) is 0.471. The lowest BCUT2D eigenvalue weighted by Crippen LogP contribution is -2.37. The highest BCUT2D eigenvalue weighted by Crippen LogP contribution is 2.41. The Morgan fingerprint density at radius 2 is 1.92 bits per heavy atom. The largest absolute Gasteiger partial charge is 0.481 e. The Labute approximate surface area is 156 Å². The molecule has 0 bridgehead atoms. The highest BCUT2D eigenvalue weighted by atomic mass is 32.2. The molecule has 0 unspecified atom stereocenters. The molecule has 26 heavy (non-hydrogen) atoms. The number of anilines is 1. The van der Waals surface area contributed by atoms with Gasteiger partial charge in [-0.1, -0.05) is 29.5 Å². The van der Waals surface area contributed by atoms with Crippen molar-refractivity contribution >= 4 is 44.3 Å². The van der Waals surface area contributed by atoms with E-state index in [1.54, 1.807) is 0 Å². The number of carbonyl (C=O) groups excluding carboxylic acids is 1. The molecule has 2 saturated heterocycles. The number of nitrogens with zero attached hydrogens (tertiary/aromatic N) is 2. The molecule has 1 amide bonds. The summed E-state index contributed by atoms with van der Waals surface area (Å²) >= 11 is 1.32. The number of aliphatic carboxylic acids is 1. The molecule has 2 atom stereocenters. The van der Waals surface area contributed by atoms with E-state index in [0.29, 0.717) is 5.17 Å². The number of rotatable bonds is 5. The van der Waals surface area contributed by atoms with Gasteiger partial charge in [0.2, 0.25) is 5.91 Å². The van der Waals surface area contributed by atoms with Crippen molar-refractivity contribution in [2.75, 3.05) is 16.4 Å². The zero-order valence-corrected chi connectivity index (χ0v) is 15.9. The van der Waals surface area contributed by atoms with Gasteiger partial charge >= 0.3 is 5.97 Å². The van der Waals surface area contributed by atoms with Crippen molar-refractivity contribution in [2.45, 2.75) is 37.5 Å². The minimum absolute atomic E-state index is 0.0464. The van der Waals surface area contributed by atoms with Crippen molar-refractivity contribution in [3.63, 3.8) is 0 Å². The van der Waals surface area contributed by atoms with Crippen molar-refractivity contribution in [3.8, 4) is 0 Å². The minimum atomic E-state index is -3.10. The van der Waals surface area contributed by atoms with Crippen molar-refractivity contribution < 1.29 is 23.1 Å². The number of benzene rings is 1. The van der Waals surface area contributed by atoms with Crippen LogP contribution in [0.25, 0.3) is 0 Å². The molecule has 2 heterocycles. The van der Waals surface area contributed by atoms with Crippen LogP contribution in [0, 0.1) is 6.92 Å². The van der Waals surface area contributed by atoms with E-state index >= 15 is 0 Å². The van der Waals surface area contributed by atoms with Gasteiger partial charge in [-0.05, 0) is 25.5 Å². The second-order valence-electron chi connectivity index (χ2n) is 6.54. The Kier molecular flexibility index (Phi) is 5.38. The van der Waals surface area contributed by atoms with Crippen molar-refractivity contribution in [3.05, 3.63) is 29.8 Å². The lowest BCUT2D eigenvalue weighted by Gasteiger charge is -2.24. The molecule has 9 heteroatoms. The summed E-state index contributed by atoms with van der Waals surface area (Å²) in [6.45, 7) is 1.96. The van der Waals surface area contributed by atoms with Gasteiger partial charge in [0.15, 0.2) is 15.0 Å². The molecular weight excluding hydrogens is 376 g/mol. The van der Waals surface area contributed by atoms with E-state index in [1.807, 2.05) is 36.1 Å². The summed E-state index contributed by atoms with van der Waals surface area (Å²) in [4.78, 5) is 28.7. The van der Waals surface area contributed by atoms with Crippen LogP contribution in [0.4, 0.5) is 5.69 Å². The van der Waals surface area contributed by atoms with Crippen LogP contribution in [-0.2, 0) is 19.4 Å². The van der Waals surface area contributed by atoms with E-state index in [4.69, 9.17) is 5.11 Å². The first-order valence-corrected chi connectivity index (χ1v) is 11.0.